The van der Waals surface area contributed by atoms with E-state index < -0.39 is 10.0 Å². The fourth-order valence-electron chi connectivity index (χ4n) is 2.79. The fraction of sp³-hybridized carbons (Fsp3) is 0.562. The number of amides is 1. The molecular formula is C16H24N2O4S. The number of nitrogens with zero attached hydrogens (tertiary/aromatic N) is 2. The van der Waals surface area contributed by atoms with Crippen LogP contribution in [0.2, 0.25) is 0 Å². The van der Waals surface area contributed by atoms with Crippen LogP contribution in [0.25, 0.3) is 0 Å². The lowest BCUT2D eigenvalue weighted by atomic mass is 10.2. The van der Waals surface area contributed by atoms with Crippen molar-refractivity contribution in [2.75, 3.05) is 33.9 Å². The number of hydrogen-bond donors (Lipinski definition) is 0. The number of rotatable bonds is 6. The standard InChI is InChI=1S/C16H24N2O4S/c1-13-6-8-15(9-7-13)23(20,21)17(2)11-16(19)18-10-4-5-14(18)12-22-3/h6-9,14H,4-5,10-12H2,1-3H3/t14-/m0/s1. The Kier molecular flexibility index (Phi) is 5.78. The molecule has 0 bridgehead atoms. The molecule has 0 N–H and O–H groups in total. The van der Waals surface area contributed by atoms with Crippen LogP contribution < -0.4 is 0 Å². The molecule has 0 radical (unpaired) electrons. The number of likely N-dealkylation sites (N-methyl/N-ethyl adjacent to an activating group) is 1. The molecule has 1 aliphatic rings. The van der Waals surface area contributed by atoms with Gasteiger partial charge in [-0.25, -0.2) is 8.42 Å². The first-order valence-corrected chi connectivity index (χ1v) is 9.11. The molecule has 128 valence electrons. The first-order chi connectivity index (χ1) is 10.9. The summed E-state index contributed by atoms with van der Waals surface area (Å²) < 4.78 is 31.3. The van der Waals surface area contributed by atoms with Crippen molar-refractivity contribution in [2.45, 2.75) is 30.7 Å². The molecule has 0 aliphatic carbocycles. The Balaban J connectivity index is 2.06. The van der Waals surface area contributed by atoms with E-state index in [0.29, 0.717) is 13.2 Å². The monoisotopic (exact) mass is 340 g/mol. The Hall–Kier alpha value is -1.44. The molecule has 0 unspecified atom stereocenters. The maximum Gasteiger partial charge on any atom is 0.243 e. The van der Waals surface area contributed by atoms with Gasteiger partial charge < -0.3 is 9.64 Å². The van der Waals surface area contributed by atoms with Crippen molar-refractivity contribution in [3.05, 3.63) is 29.8 Å². The van der Waals surface area contributed by atoms with Crippen molar-refractivity contribution in [1.29, 1.82) is 0 Å². The van der Waals surface area contributed by atoms with Crippen LogP contribution in [0.1, 0.15) is 18.4 Å². The van der Waals surface area contributed by atoms with Gasteiger partial charge in [-0.15, -0.1) is 0 Å². The lowest BCUT2D eigenvalue weighted by Crippen LogP contribution is -2.44. The van der Waals surface area contributed by atoms with Crippen molar-refractivity contribution in [1.82, 2.24) is 9.21 Å². The molecule has 0 spiro atoms. The maximum atomic E-state index is 12.5. The third-order valence-electron chi connectivity index (χ3n) is 4.14. The van der Waals surface area contributed by atoms with E-state index in [0.717, 1.165) is 22.7 Å². The zero-order valence-electron chi connectivity index (χ0n) is 13.9. The van der Waals surface area contributed by atoms with E-state index in [1.165, 1.54) is 7.05 Å². The molecule has 1 fully saturated rings. The molecule has 6 nitrogen and oxygen atoms in total. The molecule has 1 aliphatic heterocycles. The summed E-state index contributed by atoms with van der Waals surface area (Å²) >= 11 is 0. The molecule has 0 saturated carbocycles. The molecule has 1 saturated heterocycles. The number of aryl methyl sites for hydroxylation is 1. The van der Waals surface area contributed by atoms with Gasteiger partial charge in [-0.05, 0) is 31.9 Å². The Morgan fingerprint density at radius 3 is 2.61 bits per heavy atom. The van der Waals surface area contributed by atoms with Crippen LogP contribution in [0.5, 0.6) is 0 Å². The van der Waals surface area contributed by atoms with Crippen molar-refractivity contribution in [2.24, 2.45) is 0 Å². The van der Waals surface area contributed by atoms with Crippen LogP contribution in [-0.2, 0) is 19.6 Å². The molecule has 1 atom stereocenters. The van der Waals surface area contributed by atoms with Gasteiger partial charge in [0, 0.05) is 20.7 Å². The minimum atomic E-state index is -3.66. The van der Waals surface area contributed by atoms with Crippen LogP contribution >= 0.6 is 0 Å². The second-order valence-electron chi connectivity index (χ2n) is 5.91. The molecule has 23 heavy (non-hydrogen) atoms. The third-order valence-corrected chi connectivity index (χ3v) is 5.96. The van der Waals surface area contributed by atoms with Crippen LogP contribution in [0.4, 0.5) is 0 Å². The Labute approximate surface area is 138 Å². The highest BCUT2D eigenvalue weighted by molar-refractivity contribution is 7.89. The summed E-state index contributed by atoms with van der Waals surface area (Å²) in [5.74, 6) is -0.178. The molecule has 2 rings (SSSR count). The summed E-state index contributed by atoms with van der Waals surface area (Å²) in [6.45, 7) is 2.88. The number of hydrogen-bond acceptors (Lipinski definition) is 4. The van der Waals surface area contributed by atoms with Gasteiger partial charge in [0.1, 0.15) is 0 Å². The number of likely N-dealkylation sites (tertiary alicyclic amines) is 1. The van der Waals surface area contributed by atoms with E-state index >= 15 is 0 Å². The number of ether oxygens (including phenoxy) is 1. The highest BCUT2D eigenvalue weighted by Crippen LogP contribution is 2.19. The van der Waals surface area contributed by atoms with Gasteiger partial charge >= 0.3 is 0 Å². The normalized spacial score (nSPS) is 18.6. The molecule has 7 heteroatoms. The quantitative estimate of drug-likeness (QED) is 0.782. The van der Waals surface area contributed by atoms with E-state index in [4.69, 9.17) is 4.74 Å². The smallest absolute Gasteiger partial charge is 0.243 e. The first-order valence-electron chi connectivity index (χ1n) is 7.67. The van der Waals surface area contributed by atoms with Crippen LogP contribution in [0, 0.1) is 6.92 Å². The van der Waals surface area contributed by atoms with Gasteiger partial charge in [-0.2, -0.15) is 4.31 Å². The van der Waals surface area contributed by atoms with Crippen molar-refractivity contribution in [3.63, 3.8) is 0 Å². The lowest BCUT2D eigenvalue weighted by Gasteiger charge is -2.26. The number of sulfonamides is 1. The van der Waals surface area contributed by atoms with Crippen molar-refractivity contribution < 1.29 is 17.9 Å². The maximum absolute atomic E-state index is 12.5. The average molecular weight is 340 g/mol. The number of carbonyl (C=O) groups excluding carboxylic acids is 1. The summed E-state index contributed by atoms with van der Waals surface area (Å²) in [5, 5.41) is 0. The molecule has 1 amide bonds. The van der Waals surface area contributed by atoms with Crippen LogP contribution in [0.15, 0.2) is 29.2 Å². The molecule has 0 aromatic heterocycles. The van der Waals surface area contributed by atoms with Gasteiger partial charge in [0.15, 0.2) is 0 Å². The summed E-state index contributed by atoms with van der Waals surface area (Å²) in [7, 11) is -0.610. The zero-order chi connectivity index (χ0) is 17.0. The zero-order valence-corrected chi connectivity index (χ0v) is 14.7. The molecule has 1 heterocycles. The van der Waals surface area contributed by atoms with Gasteiger partial charge in [-0.3, -0.25) is 4.79 Å². The second-order valence-corrected chi connectivity index (χ2v) is 7.96. The van der Waals surface area contributed by atoms with Crippen molar-refractivity contribution in [3.8, 4) is 0 Å². The fourth-order valence-corrected chi connectivity index (χ4v) is 3.91. The number of carbonyl (C=O) groups is 1. The van der Waals surface area contributed by atoms with Gasteiger partial charge in [0.25, 0.3) is 0 Å². The largest absolute Gasteiger partial charge is 0.383 e. The SMILES string of the molecule is COC[C@@H]1CCCN1C(=O)CN(C)S(=O)(=O)c1ccc(C)cc1. The summed E-state index contributed by atoms with van der Waals surface area (Å²) in [5.41, 5.74) is 0.988. The Morgan fingerprint density at radius 2 is 2.00 bits per heavy atom. The molecule has 1 aromatic carbocycles. The average Bonchev–Trinajstić information content (AvgIpc) is 2.96. The third kappa shape index (κ3) is 4.10. The van der Waals surface area contributed by atoms with Crippen LogP contribution in [-0.4, -0.2) is 63.4 Å². The molecular weight excluding hydrogens is 316 g/mol. The Morgan fingerprint density at radius 1 is 1.35 bits per heavy atom. The minimum absolute atomic E-state index is 0.0444. The van der Waals surface area contributed by atoms with Crippen molar-refractivity contribution >= 4 is 15.9 Å². The van der Waals surface area contributed by atoms with E-state index in [1.807, 2.05) is 6.92 Å². The van der Waals surface area contributed by atoms with Gasteiger partial charge in [0.2, 0.25) is 15.9 Å². The van der Waals surface area contributed by atoms with Gasteiger partial charge in [-0.1, -0.05) is 17.7 Å². The predicted octanol–water partition coefficient (Wildman–Crippen LogP) is 1.25. The van der Waals surface area contributed by atoms with Crippen LogP contribution in [0.3, 0.4) is 0 Å². The van der Waals surface area contributed by atoms with Gasteiger partial charge in [0.05, 0.1) is 24.1 Å². The second kappa shape index (κ2) is 7.42. The summed E-state index contributed by atoms with van der Waals surface area (Å²) in [6, 6.07) is 6.67. The summed E-state index contributed by atoms with van der Waals surface area (Å²) in [6.07, 6.45) is 1.82. The topological polar surface area (TPSA) is 66.9 Å². The number of methoxy groups -OCH3 is 1. The lowest BCUT2D eigenvalue weighted by molar-refractivity contribution is -0.132. The minimum Gasteiger partial charge on any atom is -0.383 e. The van der Waals surface area contributed by atoms with E-state index in [-0.39, 0.29) is 23.4 Å². The number of benzene rings is 1. The van der Waals surface area contributed by atoms with E-state index in [1.54, 1.807) is 36.3 Å². The van der Waals surface area contributed by atoms with E-state index in [9.17, 15) is 13.2 Å². The summed E-state index contributed by atoms with van der Waals surface area (Å²) in [4.78, 5) is 14.4. The van der Waals surface area contributed by atoms with E-state index in [2.05, 4.69) is 0 Å². The predicted molar refractivity (Wildman–Crippen MR) is 87.6 cm³/mol. The first kappa shape index (κ1) is 17.9. The highest BCUT2D eigenvalue weighted by Gasteiger charge is 2.31. The highest BCUT2D eigenvalue weighted by atomic mass is 32.2. The Bertz CT molecular complexity index is 643. The molecule has 1 aromatic rings.